The first kappa shape index (κ1) is 12.0. The van der Waals surface area contributed by atoms with Crippen LogP contribution in [0.3, 0.4) is 0 Å². The quantitative estimate of drug-likeness (QED) is 0.646. The molecule has 0 aromatic carbocycles. The van der Waals surface area contributed by atoms with Crippen LogP contribution in [0.25, 0.3) is 0 Å². The van der Waals surface area contributed by atoms with Crippen molar-refractivity contribution in [1.29, 1.82) is 0 Å². The molecule has 0 radical (unpaired) electrons. The molecular formula is C11H24N2O. The zero-order chi connectivity index (χ0) is 10.2. The molecule has 0 saturated carbocycles. The van der Waals surface area contributed by atoms with E-state index in [4.69, 9.17) is 4.74 Å². The van der Waals surface area contributed by atoms with Gasteiger partial charge in [0.15, 0.2) is 0 Å². The molecule has 1 saturated heterocycles. The lowest BCUT2D eigenvalue weighted by molar-refractivity contribution is 0.0958. The lowest BCUT2D eigenvalue weighted by atomic mass is 9.97. The van der Waals surface area contributed by atoms with Gasteiger partial charge in [-0.2, -0.15) is 0 Å². The molecule has 1 fully saturated rings. The Morgan fingerprint density at radius 1 is 1.36 bits per heavy atom. The molecule has 0 aliphatic carbocycles. The van der Waals surface area contributed by atoms with Gasteiger partial charge >= 0.3 is 0 Å². The first-order valence-electron chi connectivity index (χ1n) is 5.81. The van der Waals surface area contributed by atoms with Crippen molar-refractivity contribution in [3.05, 3.63) is 0 Å². The van der Waals surface area contributed by atoms with E-state index in [0.717, 1.165) is 25.7 Å². The van der Waals surface area contributed by atoms with Crippen molar-refractivity contribution in [2.24, 2.45) is 5.92 Å². The van der Waals surface area contributed by atoms with Crippen LogP contribution in [0.2, 0.25) is 0 Å². The van der Waals surface area contributed by atoms with Crippen molar-refractivity contribution in [2.75, 3.05) is 46.4 Å². The molecule has 14 heavy (non-hydrogen) atoms. The van der Waals surface area contributed by atoms with Crippen molar-refractivity contribution < 1.29 is 4.74 Å². The summed E-state index contributed by atoms with van der Waals surface area (Å²) in [6.45, 7) is 8.58. The average molecular weight is 200 g/mol. The molecule has 0 unspecified atom stereocenters. The van der Waals surface area contributed by atoms with Crippen LogP contribution in [-0.2, 0) is 4.74 Å². The fourth-order valence-corrected chi connectivity index (χ4v) is 2.04. The third kappa shape index (κ3) is 4.40. The van der Waals surface area contributed by atoms with Crippen molar-refractivity contribution in [3.63, 3.8) is 0 Å². The zero-order valence-electron chi connectivity index (χ0n) is 9.59. The molecule has 0 bridgehead atoms. The van der Waals surface area contributed by atoms with E-state index in [2.05, 4.69) is 17.1 Å². The van der Waals surface area contributed by atoms with Gasteiger partial charge in [0.2, 0.25) is 0 Å². The first-order chi connectivity index (χ1) is 6.86. The van der Waals surface area contributed by atoms with Gasteiger partial charge < -0.3 is 15.0 Å². The Morgan fingerprint density at radius 3 is 2.64 bits per heavy atom. The fraction of sp³-hybridized carbons (Fsp3) is 1.00. The normalized spacial score (nSPS) is 20.1. The summed E-state index contributed by atoms with van der Waals surface area (Å²) in [6.07, 6.45) is 2.68. The van der Waals surface area contributed by atoms with Crippen LogP contribution in [-0.4, -0.2) is 51.3 Å². The predicted octanol–water partition coefficient (Wildman–Crippen LogP) is 0.954. The second-order valence-corrected chi connectivity index (χ2v) is 4.04. The maximum atomic E-state index is 5.36. The SMILES string of the molecule is CCOCCN1CCC(CNC)CC1. The van der Waals surface area contributed by atoms with E-state index in [1.165, 1.54) is 32.5 Å². The molecule has 1 heterocycles. The number of piperidine rings is 1. The van der Waals surface area contributed by atoms with Crippen molar-refractivity contribution in [3.8, 4) is 0 Å². The minimum absolute atomic E-state index is 0.843. The number of ether oxygens (including phenoxy) is 1. The number of hydrogen-bond acceptors (Lipinski definition) is 3. The molecule has 0 aromatic heterocycles. The summed E-state index contributed by atoms with van der Waals surface area (Å²) < 4.78 is 5.36. The predicted molar refractivity (Wildman–Crippen MR) is 59.6 cm³/mol. The maximum absolute atomic E-state index is 5.36. The summed E-state index contributed by atoms with van der Waals surface area (Å²) in [6, 6.07) is 0. The van der Waals surface area contributed by atoms with Crippen LogP contribution in [0.15, 0.2) is 0 Å². The van der Waals surface area contributed by atoms with Crippen molar-refractivity contribution in [1.82, 2.24) is 10.2 Å². The van der Waals surface area contributed by atoms with E-state index in [0.29, 0.717) is 0 Å². The average Bonchev–Trinajstić information content (AvgIpc) is 2.21. The van der Waals surface area contributed by atoms with Crippen molar-refractivity contribution >= 4 is 0 Å². The van der Waals surface area contributed by atoms with Gasteiger partial charge in [-0.1, -0.05) is 0 Å². The Labute approximate surface area is 87.8 Å². The Bertz CT molecular complexity index is 133. The van der Waals surface area contributed by atoms with Crippen LogP contribution >= 0.6 is 0 Å². The summed E-state index contributed by atoms with van der Waals surface area (Å²) >= 11 is 0. The third-order valence-corrected chi connectivity index (χ3v) is 2.96. The molecule has 0 aromatic rings. The summed E-state index contributed by atoms with van der Waals surface area (Å²) in [5.41, 5.74) is 0. The highest BCUT2D eigenvalue weighted by atomic mass is 16.5. The molecule has 1 rings (SSSR count). The highest BCUT2D eigenvalue weighted by Crippen LogP contribution is 2.15. The summed E-state index contributed by atoms with van der Waals surface area (Å²) in [5, 5.41) is 3.26. The van der Waals surface area contributed by atoms with Crippen LogP contribution < -0.4 is 5.32 Å². The van der Waals surface area contributed by atoms with Gasteiger partial charge in [0.05, 0.1) is 6.61 Å². The topological polar surface area (TPSA) is 24.5 Å². The Morgan fingerprint density at radius 2 is 2.07 bits per heavy atom. The molecule has 0 atom stereocenters. The maximum Gasteiger partial charge on any atom is 0.0593 e. The number of likely N-dealkylation sites (tertiary alicyclic amines) is 1. The van der Waals surface area contributed by atoms with E-state index in [9.17, 15) is 0 Å². The van der Waals surface area contributed by atoms with Gasteiger partial charge in [0.1, 0.15) is 0 Å². The number of hydrogen-bond donors (Lipinski definition) is 1. The molecule has 1 N–H and O–H groups in total. The highest BCUT2D eigenvalue weighted by Gasteiger charge is 2.17. The lowest BCUT2D eigenvalue weighted by Gasteiger charge is -2.31. The van der Waals surface area contributed by atoms with Gasteiger partial charge in [-0.25, -0.2) is 0 Å². The molecule has 84 valence electrons. The molecule has 0 amide bonds. The Hall–Kier alpha value is -0.120. The molecule has 0 spiro atoms. The number of nitrogens with zero attached hydrogens (tertiary/aromatic N) is 1. The lowest BCUT2D eigenvalue weighted by Crippen LogP contribution is -2.38. The van der Waals surface area contributed by atoms with E-state index in [1.807, 2.05) is 7.05 Å². The molecule has 3 nitrogen and oxygen atoms in total. The van der Waals surface area contributed by atoms with E-state index in [-0.39, 0.29) is 0 Å². The van der Waals surface area contributed by atoms with E-state index >= 15 is 0 Å². The minimum Gasteiger partial charge on any atom is -0.380 e. The second-order valence-electron chi connectivity index (χ2n) is 4.04. The number of rotatable bonds is 6. The van der Waals surface area contributed by atoms with Gasteiger partial charge in [-0.3, -0.25) is 0 Å². The van der Waals surface area contributed by atoms with Gasteiger partial charge in [-0.05, 0) is 52.4 Å². The zero-order valence-corrected chi connectivity index (χ0v) is 9.59. The highest BCUT2D eigenvalue weighted by molar-refractivity contribution is 4.73. The summed E-state index contributed by atoms with van der Waals surface area (Å²) in [5.74, 6) is 0.892. The van der Waals surface area contributed by atoms with E-state index in [1.54, 1.807) is 0 Å². The standard InChI is InChI=1S/C11H24N2O/c1-3-14-9-8-13-6-4-11(5-7-13)10-12-2/h11-12H,3-10H2,1-2H3. The van der Waals surface area contributed by atoms with Gasteiger partial charge in [0, 0.05) is 13.2 Å². The summed E-state index contributed by atoms with van der Waals surface area (Å²) in [4.78, 5) is 2.52. The van der Waals surface area contributed by atoms with Crippen LogP contribution in [0.4, 0.5) is 0 Å². The Balaban J connectivity index is 2.03. The van der Waals surface area contributed by atoms with Gasteiger partial charge in [0.25, 0.3) is 0 Å². The summed E-state index contributed by atoms with van der Waals surface area (Å²) in [7, 11) is 2.04. The fourth-order valence-electron chi connectivity index (χ4n) is 2.04. The monoisotopic (exact) mass is 200 g/mol. The second kappa shape index (κ2) is 7.21. The van der Waals surface area contributed by atoms with E-state index < -0.39 is 0 Å². The molecular weight excluding hydrogens is 176 g/mol. The third-order valence-electron chi connectivity index (χ3n) is 2.96. The first-order valence-corrected chi connectivity index (χ1v) is 5.81. The molecule has 3 heteroatoms. The Kier molecular flexibility index (Phi) is 6.15. The van der Waals surface area contributed by atoms with Crippen molar-refractivity contribution in [2.45, 2.75) is 19.8 Å². The smallest absolute Gasteiger partial charge is 0.0593 e. The molecule has 1 aliphatic rings. The van der Waals surface area contributed by atoms with Crippen LogP contribution in [0.5, 0.6) is 0 Å². The van der Waals surface area contributed by atoms with Crippen LogP contribution in [0.1, 0.15) is 19.8 Å². The molecule has 1 aliphatic heterocycles. The van der Waals surface area contributed by atoms with Gasteiger partial charge in [-0.15, -0.1) is 0 Å². The largest absolute Gasteiger partial charge is 0.380 e. The number of nitrogens with one attached hydrogen (secondary N) is 1. The minimum atomic E-state index is 0.843. The van der Waals surface area contributed by atoms with Crippen LogP contribution in [0, 0.1) is 5.92 Å².